The van der Waals surface area contributed by atoms with Gasteiger partial charge < -0.3 is 10.5 Å². The molecule has 3 N–H and O–H groups in total. The Kier molecular flexibility index (Phi) is 2.60. The Bertz CT molecular complexity index is 232. The highest BCUT2D eigenvalue weighted by atomic mass is 19.1. The summed E-state index contributed by atoms with van der Waals surface area (Å²) in [6, 6.07) is 1.13. The first kappa shape index (κ1) is 7.84. The van der Waals surface area contributed by atoms with Gasteiger partial charge in [0.15, 0.2) is 5.82 Å². The zero-order valence-electron chi connectivity index (χ0n) is 4.52. The van der Waals surface area contributed by atoms with Crippen molar-refractivity contribution in [2.24, 2.45) is 0 Å². The highest BCUT2D eigenvalue weighted by molar-refractivity contribution is 4.93. The second-order valence-corrected chi connectivity index (χ2v) is 1.36. The lowest BCUT2D eigenvalue weighted by atomic mass is 10.5. The van der Waals surface area contributed by atoms with Crippen LogP contribution in [0.4, 0.5) is 4.39 Å². The molecule has 0 aromatic carbocycles. The van der Waals surface area contributed by atoms with Gasteiger partial charge in [-0.1, -0.05) is 0 Å². The Hall–Kier alpha value is -1.16. The number of H-pyrrole nitrogens is 1. The fraction of sp³-hybridized carbons (Fsp3) is 0. The van der Waals surface area contributed by atoms with E-state index in [0.717, 1.165) is 12.3 Å². The number of halogens is 1. The molecule has 0 bridgehead atoms. The molecule has 9 heavy (non-hydrogen) atoms. The highest BCUT2D eigenvalue weighted by Crippen LogP contribution is 1.79. The van der Waals surface area contributed by atoms with Gasteiger partial charge in [0.05, 0.1) is 0 Å². The minimum atomic E-state index is -0.743. The highest BCUT2D eigenvalue weighted by Gasteiger charge is 1.89. The van der Waals surface area contributed by atoms with Gasteiger partial charge >= 0.3 is 0 Å². The van der Waals surface area contributed by atoms with E-state index in [0.29, 0.717) is 0 Å². The smallest absolute Gasteiger partial charge is 0.217 e. The number of hydrogen-bond donors (Lipinski definition) is 1. The molecule has 1 heterocycles. The summed E-state index contributed by atoms with van der Waals surface area (Å²) in [4.78, 5) is 12.7. The molecule has 3 nitrogen and oxygen atoms in total. The summed E-state index contributed by atoms with van der Waals surface area (Å²) in [7, 11) is 0. The average molecular weight is 131 g/mol. The first-order chi connectivity index (χ1) is 3.80. The van der Waals surface area contributed by atoms with Crippen LogP contribution in [0.5, 0.6) is 0 Å². The number of aromatic amines is 1. The number of pyridine rings is 1. The van der Waals surface area contributed by atoms with Gasteiger partial charge in [0.2, 0.25) is 5.43 Å². The second kappa shape index (κ2) is 2.99. The molecule has 0 saturated heterocycles. The molecule has 0 unspecified atom stereocenters. The van der Waals surface area contributed by atoms with Crippen molar-refractivity contribution in [2.75, 3.05) is 0 Å². The van der Waals surface area contributed by atoms with Crippen LogP contribution < -0.4 is 5.43 Å². The minimum Gasteiger partial charge on any atom is -0.412 e. The minimum absolute atomic E-state index is 0. The first-order valence-corrected chi connectivity index (χ1v) is 2.13. The van der Waals surface area contributed by atoms with E-state index >= 15 is 0 Å². The molecule has 0 saturated carbocycles. The lowest BCUT2D eigenvalue weighted by molar-refractivity contribution is 0.611. The van der Waals surface area contributed by atoms with Crippen LogP contribution in [-0.2, 0) is 0 Å². The predicted octanol–water partition coefficient (Wildman–Crippen LogP) is -0.311. The van der Waals surface area contributed by atoms with Crippen molar-refractivity contribution in [3.05, 3.63) is 34.5 Å². The van der Waals surface area contributed by atoms with E-state index in [9.17, 15) is 9.18 Å². The predicted molar refractivity (Wildman–Crippen MR) is 30.6 cm³/mol. The van der Waals surface area contributed by atoms with Crippen molar-refractivity contribution >= 4 is 0 Å². The van der Waals surface area contributed by atoms with Crippen molar-refractivity contribution in [1.82, 2.24) is 4.98 Å². The molecule has 0 aliphatic heterocycles. The first-order valence-electron chi connectivity index (χ1n) is 2.13. The maximum Gasteiger partial charge on any atom is 0.217 e. The third-order valence-corrected chi connectivity index (χ3v) is 0.776. The van der Waals surface area contributed by atoms with E-state index in [1.165, 1.54) is 6.20 Å². The molecule has 0 radical (unpaired) electrons. The monoisotopic (exact) mass is 131 g/mol. The lowest BCUT2D eigenvalue weighted by Crippen LogP contribution is -2.02. The number of rotatable bonds is 0. The van der Waals surface area contributed by atoms with Crippen LogP contribution in [0.3, 0.4) is 0 Å². The number of hydrogen-bond acceptors (Lipinski definition) is 1. The zero-order valence-corrected chi connectivity index (χ0v) is 4.52. The Balaban J connectivity index is 0.000000640. The Morgan fingerprint density at radius 3 is 2.56 bits per heavy atom. The van der Waals surface area contributed by atoms with Gasteiger partial charge in [-0.25, -0.2) is 4.39 Å². The quantitative estimate of drug-likeness (QED) is 0.515. The van der Waals surface area contributed by atoms with Crippen LogP contribution in [0.15, 0.2) is 23.3 Å². The molecule has 1 aromatic heterocycles. The maximum absolute atomic E-state index is 12.0. The van der Waals surface area contributed by atoms with Gasteiger partial charge in [-0.3, -0.25) is 4.79 Å². The molecule has 0 fully saturated rings. The molecule has 1 rings (SSSR count). The van der Waals surface area contributed by atoms with Crippen LogP contribution in [0.2, 0.25) is 0 Å². The summed E-state index contributed by atoms with van der Waals surface area (Å²) in [5.74, 6) is -0.743. The Morgan fingerprint density at radius 1 is 1.56 bits per heavy atom. The number of nitrogens with one attached hydrogen (secondary N) is 1. The van der Waals surface area contributed by atoms with Crippen molar-refractivity contribution in [1.29, 1.82) is 0 Å². The molecule has 50 valence electrons. The Morgan fingerprint density at radius 2 is 2.22 bits per heavy atom. The van der Waals surface area contributed by atoms with E-state index in [1.807, 2.05) is 0 Å². The summed E-state index contributed by atoms with van der Waals surface area (Å²) in [6.07, 6.45) is 2.40. The largest absolute Gasteiger partial charge is 0.412 e. The molecular formula is C5H6FNO2. The second-order valence-electron chi connectivity index (χ2n) is 1.36. The summed E-state index contributed by atoms with van der Waals surface area (Å²) >= 11 is 0. The van der Waals surface area contributed by atoms with E-state index in [2.05, 4.69) is 4.98 Å². The van der Waals surface area contributed by atoms with E-state index in [-0.39, 0.29) is 5.48 Å². The maximum atomic E-state index is 12.0. The van der Waals surface area contributed by atoms with Gasteiger partial charge in [0, 0.05) is 18.5 Å². The van der Waals surface area contributed by atoms with Crippen LogP contribution in [0, 0.1) is 5.82 Å². The lowest BCUT2D eigenvalue weighted by Gasteiger charge is -1.80. The molecular weight excluding hydrogens is 125 g/mol. The molecule has 1 aromatic rings. The van der Waals surface area contributed by atoms with Gasteiger partial charge in [-0.15, -0.1) is 0 Å². The van der Waals surface area contributed by atoms with Crippen LogP contribution in [0.25, 0.3) is 0 Å². The van der Waals surface area contributed by atoms with Crippen LogP contribution >= 0.6 is 0 Å². The van der Waals surface area contributed by atoms with Gasteiger partial charge in [0.25, 0.3) is 0 Å². The van der Waals surface area contributed by atoms with Crippen LogP contribution in [0.1, 0.15) is 0 Å². The molecule has 0 atom stereocenters. The summed E-state index contributed by atoms with van der Waals surface area (Å²) in [5, 5.41) is 0. The number of aromatic nitrogens is 1. The van der Waals surface area contributed by atoms with Gasteiger partial charge in [-0.2, -0.15) is 0 Å². The summed E-state index contributed by atoms with van der Waals surface area (Å²) in [6.45, 7) is 0. The van der Waals surface area contributed by atoms with Crippen molar-refractivity contribution in [3.63, 3.8) is 0 Å². The molecule has 0 aliphatic rings. The fourth-order valence-corrected chi connectivity index (χ4v) is 0.396. The molecule has 4 heteroatoms. The topological polar surface area (TPSA) is 64.4 Å². The normalized spacial score (nSPS) is 8.11. The molecule has 0 spiro atoms. The standard InChI is InChI=1S/C5H4FNO.H2O/c6-4-3-7-2-1-5(4)8;/h1-3H,(H,7,8);1H2. The Labute approximate surface area is 50.5 Å². The zero-order chi connectivity index (χ0) is 5.98. The molecule has 0 amide bonds. The average Bonchev–Trinajstić information content (AvgIpc) is 1.77. The summed E-state index contributed by atoms with van der Waals surface area (Å²) in [5.41, 5.74) is -0.580. The van der Waals surface area contributed by atoms with E-state index in [1.54, 1.807) is 0 Å². The third-order valence-electron chi connectivity index (χ3n) is 0.776. The summed E-state index contributed by atoms with van der Waals surface area (Å²) < 4.78 is 12.0. The third kappa shape index (κ3) is 1.65. The van der Waals surface area contributed by atoms with Crippen molar-refractivity contribution < 1.29 is 9.87 Å². The van der Waals surface area contributed by atoms with E-state index < -0.39 is 11.2 Å². The fourth-order valence-electron chi connectivity index (χ4n) is 0.396. The van der Waals surface area contributed by atoms with Crippen LogP contribution in [-0.4, -0.2) is 10.5 Å². The van der Waals surface area contributed by atoms with Gasteiger partial charge in [-0.05, 0) is 0 Å². The van der Waals surface area contributed by atoms with E-state index in [4.69, 9.17) is 0 Å². The molecule has 0 aliphatic carbocycles. The SMILES string of the molecule is O.O=c1cc[nH]cc1F. The van der Waals surface area contributed by atoms with Crippen molar-refractivity contribution in [3.8, 4) is 0 Å². The van der Waals surface area contributed by atoms with Gasteiger partial charge in [0.1, 0.15) is 0 Å². The van der Waals surface area contributed by atoms with Crippen molar-refractivity contribution in [2.45, 2.75) is 0 Å².